The molecule has 0 unspecified atom stereocenters. The van der Waals surface area contributed by atoms with E-state index in [0.29, 0.717) is 7.92 Å². The summed E-state index contributed by atoms with van der Waals surface area (Å²) >= 11 is 0. The zero-order valence-electron chi connectivity index (χ0n) is 7.97. The maximum atomic E-state index is 3.76. The highest BCUT2D eigenvalue weighted by molar-refractivity contribution is 7.57. The van der Waals surface area contributed by atoms with Gasteiger partial charge in [-0.1, -0.05) is 32.8 Å². The zero-order chi connectivity index (χ0) is 8.53. The monoisotopic (exact) mass is 172 g/mol. The molecule has 0 aromatic heterocycles. The molecule has 0 fully saturated rings. The summed E-state index contributed by atoms with van der Waals surface area (Å²) in [5, 5.41) is 0. The largest absolute Gasteiger partial charge is 0.106 e. The second-order valence-electron chi connectivity index (χ2n) is 2.92. The van der Waals surface area contributed by atoms with Gasteiger partial charge in [-0.3, -0.25) is 0 Å². The Kier molecular flexibility index (Phi) is 8.40. The van der Waals surface area contributed by atoms with Gasteiger partial charge >= 0.3 is 0 Å². The predicted octanol–water partition coefficient (Wildman–Crippen LogP) is 3.86. The van der Waals surface area contributed by atoms with E-state index in [-0.39, 0.29) is 0 Å². The van der Waals surface area contributed by atoms with Crippen molar-refractivity contribution in [2.45, 2.75) is 33.1 Å². The van der Waals surface area contributed by atoms with Gasteiger partial charge in [0.25, 0.3) is 0 Å². The van der Waals surface area contributed by atoms with Crippen LogP contribution in [0.5, 0.6) is 0 Å². The molecule has 0 N–H and O–H groups in total. The summed E-state index contributed by atoms with van der Waals surface area (Å²) in [6.07, 6.45) is 10.4. The van der Waals surface area contributed by atoms with Crippen molar-refractivity contribution in [1.29, 1.82) is 0 Å². The van der Waals surface area contributed by atoms with Crippen molar-refractivity contribution in [3.05, 3.63) is 12.7 Å². The minimum absolute atomic E-state index is 0.362. The summed E-state index contributed by atoms with van der Waals surface area (Å²) in [6.45, 7) is 8.34. The number of rotatable bonds is 7. The molecule has 0 atom stereocenters. The van der Waals surface area contributed by atoms with Crippen molar-refractivity contribution in [3.8, 4) is 0 Å². The molecule has 11 heavy (non-hydrogen) atoms. The van der Waals surface area contributed by atoms with Crippen LogP contribution in [-0.4, -0.2) is 18.5 Å². The van der Waals surface area contributed by atoms with Crippen LogP contribution in [0.2, 0.25) is 0 Å². The van der Waals surface area contributed by atoms with Gasteiger partial charge < -0.3 is 0 Å². The molecule has 0 aliphatic rings. The molecule has 0 saturated heterocycles. The third kappa shape index (κ3) is 6.56. The van der Waals surface area contributed by atoms with E-state index in [1.165, 1.54) is 37.7 Å². The van der Waals surface area contributed by atoms with Crippen molar-refractivity contribution in [3.63, 3.8) is 0 Å². The third-order valence-electron chi connectivity index (χ3n) is 1.73. The molecule has 0 nitrogen and oxygen atoms in total. The zero-order valence-corrected chi connectivity index (χ0v) is 8.87. The highest BCUT2D eigenvalue weighted by Crippen LogP contribution is 2.37. The van der Waals surface area contributed by atoms with Crippen LogP contribution in [0.4, 0.5) is 0 Å². The lowest BCUT2D eigenvalue weighted by Crippen LogP contribution is -1.92. The third-order valence-corrected chi connectivity index (χ3v) is 4.78. The quantitative estimate of drug-likeness (QED) is 0.404. The molecule has 0 amide bonds. The minimum atomic E-state index is 0.362. The molecule has 0 saturated carbocycles. The van der Waals surface area contributed by atoms with E-state index in [9.17, 15) is 0 Å². The van der Waals surface area contributed by atoms with Crippen LogP contribution in [0, 0.1) is 0 Å². The summed E-state index contributed by atoms with van der Waals surface area (Å²) in [5.41, 5.74) is 0. The van der Waals surface area contributed by atoms with E-state index in [4.69, 9.17) is 0 Å². The van der Waals surface area contributed by atoms with Crippen LogP contribution in [0.15, 0.2) is 12.7 Å². The molecule has 0 rings (SSSR count). The van der Waals surface area contributed by atoms with Gasteiger partial charge in [-0.15, -0.1) is 14.5 Å². The van der Waals surface area contributed by atoms with Gasteiger partial charge in [-0.25, -0.2) is 0 Å². The highest BCUT2D eigenvalue weighted by Gasteiger charge is 2.02. The normalized spacial score (nSPS) is 10.5. The average molecular weight is 172 g/mol. The van der Waals surface area contributed by atoms with E-state index >= 15 is 0 Å². The Morgan fingerprint density at radius 2 is 1.64 bits per heavy atom. The molecule has 0 radical (unpaired) electrons. The Balaban J connectivity index is 3.41. The minimum Gasteiger partial charge on any atom is -0.106 e. The first-order valence-corrected chi connectivity index (χ1v) is 6.58. The van der Waals surface area contributed by atoms with Gasteiger partial charge in [0.1, 0.15) is 0 Å². The Hall–Kier alpha value is 0.170. The van der Waals surface area contributed by atoms with Gasteiger partial charge in [0, 0.05) is 0 Å². The van der Waals surface area contributed by atoms with E-state index in [2.05, 4.69) is 26.5 Å². The second kappa shape index (κ2) is 8.27. The Bertz CT molecular complexity index is 82.9. The van der Waals surface area contributed by atoms with Crippen LogP contribution in [0.1, 0.15) is 33.1 Å². The van der Waals surface area contributed by atoms with Gasteiger partial charge in [0.15, 0.2) is 0 Å². The number of hydrogen-bond donors (Lipinski definition) is 0. The van der Waals surface area contributed by atoms with Crippen molar-refractivity contribution >= 4 is 7.92 Å². The van der Waals surface area contributed by atoms with E-state index in [1.54, 1.807) is 0 Å². The van der Waals surface area contributed by atoms with Crippen LogP contribution in [0.3, 0.4) is 0 Å². The van der Waals surface area contributed by atoms with E-state index in [0.717, 1.165) is 0 Å². The van der Waals surface area contributed by atoms with Crippen molar-refractivity contribution in [1.82, 2.24) is 0 Å². The van der Waals surface area contributed by atoms with Gasteiger partial charge in [-0.2, -0.15) is 0 Å². The molecule has 66 valence electrons. The fourth-order valence-corrected chi connectivity index (χ4v) is 3.73. The molecule has 0 spiro atoms. The van der Waals surface area contributed by atoms with Gasteiger partial charge in [0.05, 0.1) is 0 Å². The van der Waals surface area contributed by atoms with Crippen LogP contribution in [-0.2, 0) is 0 Å². The fraction of sp³-hybridized carbons (Fsp3) is 0.800. The summed E-state index contributed by atoms with van der Waals surface area (Å²) in [6, 6.07) is 0. The topological polar surface area (TPSA) is 0 Å². The molecule has 0 aromatic carbocycles. The maximum absolute atomic E-state index is 3.76. The molecule has 0 aromatic rings. The maximum Gasteiger partial charge on any atom is -0.0291 e. The van der Waals surface area contributed by atoms with Crippen molar-refractivity contribution in [2.75, 3.05) is 18.5 Å². The Morgan fingerprint density at radius 1 is 1.09 bits per heavy atom. The fourth-order valence-electron chi connectivity index (χ4n) is 1.24. The molecule has 0 aliphatic heterocycles. The Labute approximate surface area is 72.8 Å². The highest BCUT2D eigenvalue weighted by atomic mass is 31.1. The molecule has 0 bridgehead atoms. The lowest BCUT2D eigenvalue weighted by molar-refractivity contribution is 1.04. The summed E-state index contributed by atoms with van der Waals surface area (Å²) in [5.74, 6) is 0. The van der Waals surface area contributed by atoms with Crippen molar-refractivity contribution in [2.24, 2.45) is 0 Å². The summed E-state index contributed by atoms with van der Waals surface area (Å²) in [4.78, 5) is 0. The lowest BCUT2D eigenvalue weighted by Gasteiger charge is -2.14. The first kappa shape index (κ1) is 11.2. The van der Waals surface area contributed by atoms with Crippen LogP contribution < -0.4 is 0 Å². The lowest BCUT2D eigenvalue weighted by atomic mass is 10.5. The average Bonchev–Trinajstić information content (AvgIpc) is 2.01. The predicted molar refractivity (Wildman–Crippen MR) is 56.9 cm³/mol. The second-order valence-corrected chi connectivity index (χ2v) is 5.60. The molecular formula is C10H21P. The standard InChI is InChI=1S/C10H21P/c1-4-7-10-11(8-5-2)9-6-3/h4H,1,5-10H2,2-3H3. The van der Waals surface area contributed by atoms with Gasteiger partial charge in [0.2, 0.25) is 0 Å². The number of hydrogen-bond acceptors (Lipinski definition) is 0. The molecular weight excluding hydrogens is 151 g/mol. The molecule has 0 aliphatic carbocycles. The van der Waals surface area contributed by atoms with E-state index in [1.807, 2.05) is 0 Å². The summed E-state index contributed by atoms with van der Waals surface area (Å²) in [7, 11) is 0.362. The first-order valence-electron chi connectivity index (χ1n) is 4.68. The van der Waals surface area contributed by atoms with Gasteiger partial charge in [-0.05, 0) is 24.9 Å². The van der Waals surface area contributed by atoms with E-state index < -0.39 is 0 Å². The SMILES string of the molecule is C=CCCP(CCC)CCC. The first-order chi connectivity index (χ1) is 5.35. The molecule has 0 heterocycles. The summed E-state index contributed by atoms with van der Waals surface area (Å²) < 4.78 is 0. The molecule has 1 heteroatoms. The van der Waals surface area contributed by atoms with Crippen LogP contribution in [0.25, 0.3) is 0 Å². The smallest absolute Gasteiger partial charge is 0.0291 e. The number of allylic oxidation sites excluding steroid dienone is 1. The Morgan fingerprint density at radius 3 is 2.00 bits per heavy atom. The van der Waals surface area contributed by atoms with Crippen LogP contribution >= 0.6 is 7.92 Å². The van der Waals surface area contributed by atoms with Crippen molar-refractivity contribution < 1.29 is 0 Å².